The van der Waals surface area contributed by atoms with Crippen molar-refractivity contribution < 1.29 is 13.5 Å². The van der Waals surface area contributed by atoms with Crippen molar-refractivity contribution in [3.8, 4) is 5.75 Å². The van der Waals surface area contributed by atoms with E-state index in [2.05, 4.69) is 15.9 Å². The number of hydrogen-bond acceptors (Lipinski definition) is 1. The summed E-state index contributed by atoms with van der Waals surface area (Å²) in [6.45, 7) is 0.479. The predicted octanol–water partition coefficient (Wildman–Crippen LogP) is 4.69. The molecular formula is C13H15BrF2O. The number of benzene rings is 1. The first kappa shape index (κ1) is 12.8. The van der Waals surface area contributed by atoms with Crippen LogP contribution >= 0.6 is 15.9 Å². The minimum atomic E-state index is -0.899. The topological polar surface area (TPSA) is 9.23 Å². The Morgan fingerprint density at radius 2 is 1.88 bits per heavy atom. The summed E-state index contributed by atoms with van der Waals surface area (Å²) in [5.74, 6) is -1.30. The summed E-state index contributed by atoms with van der Waals surface area (Å²) in [5.41, 5.74) is 0. The molecule has 0 radical (unpaired) electrons. The lowest BCUT2D eigenvalue weighted by Crippen LogP contribution is -2.15. The fourth-order valence-electron chi connectivity index (χ4n) is 2.20. The molecule has 0 saturated heterocycles. The second-order valence-electron chi connectivity index (χ2n) is 4.51. The van der Waals surface area contributed by atoms with Crippen molar-refractivity contribution in [1.82, 2.24) is 0 Å². The minimum absolute atomic E-state index is 0.00227. The summed E-state index contributed by atoms with van der Waals surface area (Å²) in [6, 6.07) is 2.57. The van der Waals surface area contributed by atoms with Crippen LogP contribution in [0.25, 0.3) is 0 Å². The Bertz CT molecular complexity index is 389. The van der Waals surface area contributed by atoms with E-state index in [-0.39, 0.29) is 5.75 Å². The highest BCUT2D eigenvalue weighted by molar-refractivity contribution is 9.10. The summed E-state index contributed by atoms with van der Waals surface area (Å²) in [7, 11) is 0. The molecule has 17 heavy (non-hydrogen) atoms. The second kappa shape index (κ2) is 5.80. The van der Waals surface area contributed by atoms with Crippen molar-refractivity contribution in [2.24, 2.45) is 5.92 Å². The van der Waals surface area contributed by atoms with E-state index in [1.54, 1.807) is 0 Å². The van der Waals surface area contributed by atoms with Gasteiger partial charge in [0.05, 0.1) is 6.61 Å². The van der Waals surface area contributed by atoms with E-state index in [1.165, 1.54) is 25.3 Å². The van der Waals surface area contributed by atoms with Crippen LogP contribution in [0.5, 0.6) is 5.75 Å². The van der Waals surface area contributed by atoms with Crippen LogP contribution in [-0.2, 0) is 0 Å². The van der Waals surface area contributed by atoms with Crippen LogP contribution < -0.4 is 4.74 Å². The lowest BCUT2D eigenvalue weighted by atomic mass is 9.90. The Kier molecular flexibility index (Phi) is 4.37. The van der Waals surface area contributed by atoms with Crippen molar-refractivity contribution in [3.05, 3.63) is 28.2 Å². The minimum Gasteiger partial charge on any atom is -0.490 e. The summed E-state index contributed by atoms with van der Waals surface area (Å²) < 4.78 is 32.4. The molecule has 0 aliphatic heterocycles. The van der Waals surface area contributed by atoms with Crippen LogP contribution in [0.15, 0.2) is 16.6 Å². The van der Waals surface area contributed by atoms with Crippen LogP contribution in [0.4, 0.5) is 8.78 Å². The van der Waals surface area contributed by atoms with Crippen molar-refractivity contribution in [2.45, 2.75) is 32.1 Å². The zero-order valence-corrected chi connectivity index (χ0v) is 11.1. The molecule has 1 aromatic carbocycles. The van der Waals surface area contributed by atoms with Gasteiger partial charge in [0, 0.05) is 4.47 Å². The van der Waals surface area contributed by atoms with Gasteiger partial charge in [0.2, 0.25) is 5.82 Å². The zero-order valence-electron chi connectivity index (χ0n) is 9.52. The second-order valence-corrected chi connectivity index (χ2v) is 5.43. The quantitative estimate of drug-likeness (QED) is 0.736. The lowest BCUT2D eigenvalue weighted by Gasteiger charge is -2.21. The number of hydrogen-bond donors (Lipinski definition) is 0. The molecule has 0 bridgehead atoms. The van der Waals surface area contributed by atoms with Crippen LogP contribution in [0.1, 0.15) is 32.1 Å². The predicted molar refractivity (Wildman–Crippen MR) is 66.1 cm³/mol. The van der Waals surface area contributed by atoms with Crippen LogP contribution in [0.3, 0.4) is 0 Å². The van der Waals surface area contributed by atoms with E-state index in [4.69, 9.17) is 4.74 Å². The van der Waals surface area contributed by atoms with E-state index in [0.717, 1.165) is 18.9 Å². The molecule has 0 atom stereocenters. The van der Waals surface area contributed by atoms with Crippen LogP contribution in [-0.4, -0.2) is 6.61 Å². The smallest absolute Gasteiger partial charge is 0.200 e. The Morgan fingerprint density at radius 3 is 2.59 bits per heavy atom. The van der Waals surface area contributed by atoms with Gasteiger partial charge in [-0.15, -0.1) is 0 Å². The average Bonchev–Trinajstić information content (AvgIpc) is 2.33. The van der Waals surface area contributed by atoms with Crippen LogP contribution in [0, 0.1) is 17.6 Å². The van der Waals surface area contributed by atoms with Crippen molar-refractivity contribution in [1.29, 1.82) is 0 Å². The molecule has 0 aromatic heterocycles. The Labute approximate surface area is 108 Å². The van der Waals surface area contributed by atoms with E-state index in [0.29, 0.717) is 17.0 Å². The molecule has 1 nitrogen and oxygen atoms in total. The van der Waals surface area contributed by atoms with Crippen molar-refractivity contribution in [2.75, 3.05) is 6.61 Å². The Hall–Kier alpha value is -0.640. The van der Waals surface area contributed by atoms with E-state index >= 15 is 0 Å². The normalized spacial score (nSPS) is 17.1. The number of ether oxygens (including phenoxy) is 1. The third kappa shape index (κ3) is 3.41. The first-order valence-corrected chi connectivity index (χ1v) is 6.73. The molecule has 4 heteroatoms. The van der Waals surface area contributed by atoms with Crippen molar-refractivity contribution >= 4 is 15.9 Å². The van der Waals surface area contributed by atoms with Gasteiger partial charge in [-0.25, -0.2) is 4.39 Å². The van der Waals surface area contributed by atoms with Gasteiger partial charge in [0.25, 0.3) is 0 Å². The SMILES string of the molecule is Fc1cc(Br)cc(OCC2CCCCC2)c1F. The molecule has 0 amide bonds. The molecule has 1 aliphatic carbocycles. The summed E-state index contributed by atoms with van der Waals surface area (Å²) >= 11 is 3.13. The van der Waals surface area contributed by atoms with Gasteiger partial charge >= 0.3 is 0 Å². The molecule has 94 valence electrons. The lowest BCUT2D eigenvalue weighted by molar-refractivity contribution is 0.200. The highest BCUT2D eigenvalue weighted by Crippen LogP contribution is 2.28. The van der Waals surface area contributed by atoms with Gasteiger partial charge in [-0.1, -0.05) is 35.2 Å². The van der Waals surface area contributed by atoms with Gasteiger partial charge < -0.3 is 4.74 Å². The highest BCUT2D eigenvalue weighted by Gasteiger charge is 2.16. The maximum Gasteiger partial charge on any atom is 0.200 e. The fourth-order valence-corrected chi connectivity index (χ4v) is 2.61. The molecule has 1 aliphatic rings. The summed E-state index contributed by atoms with van der Waals surface area (Å²) in [6.07, 6.45) is 5.94. The average molecular weight is 305 g/mol. The van der Waals surface area contributed by atoms with E-state index in [1.807, 2.05) is 0 Å². The van der Waals surface area contributed by atoms with Gasteiger partial charge in [-0.3, -0.25) is 0 Å². The first-order chi connectivity index (χ1) is 8.16. The number of halogens is 3. The zero-order chi connectivity index (χ0) is 12.3. The molecule has 0 N–H and O–H groups in total. The first-order valence-electron chi connectivity index (χ1n) is 5.94. The Morgan fingerprint density at radius 1 is 1.18 bits per heavy atom. The molecule has 0 unspecified atom stereocenters. The maximum absolute atomic E-state index is 13.4. The van der Waals surface area contributed by atoms with Gasteiger partial charge in [-0.2, -0.15) is 4.39 Å². The van der Waals surface area contributed by atoms with Crippen LogP contribution in [0.2, 0.25) is 0 Å². The third-order valence-electron chi connectivity index (χ3n) is 3.16. The highest BCUT2D eigenvalue weighted by atomic mass is 79.9. The molecule has 0 heterocycles. The van der Waals surface area contributed by atoms with Crippen molar-refractivity contribution in [3.63, 3.8) is 0 Å². The molecule has 1 aromatic rings. The summed E-state index contributed by atoms with van der Waals surface area (Å²) in [4.78, 5) is 0. The Balaban J connectivity index is 1.98. The van der Waals surface area contributed by atoms with E-state index in [9.17, 15) is 8.78 Å². The third-order valence-corrected chi connectivity index (χ3v) is 3.62. The van der Waals surface area contributed by atoms with Gasteiger partial charge in [-0.05, 0) is 30.9 Å². The standard InChI is InChI=1S/C13H15BrF2O/c14-10-6-11(15)13(16)12(7-10)17-8-9-4-2-1-3-5-9/h6-7,9H,1-5,8H2. The van der Waals surface area contributed by atoms with Gasteiger partial charge in [0.15, 0.2) is 11.6 Å². The monoisotopic (exact) mass is 304 g/mol. The summed E-state index contributed by atoms with van der Waals surface area (Å²) in [5, 5.41) is 0. The maximum atomic E-state index is 13.4. The fraction of sp³-hybridized carbons (Fsp3) is 0.538. The largest absolute Gasteiger partial charge is 0.490 e. The molecule has 2 rings (SSSR count). The molecule has 0 spiro atoms. The molecule has 1 saturated carbocycles. The van der Waals surface area contributed by atoms with Gasteiger partial charge in [0.1, 0.15) is 0 Å². The molecular weight excluding hydrogens is 290 g/mol. The molecule has 1 fully saturated rings. The number of rotatable bonds is 3. The van der Waals surface area contributed by atoms with E-state index < -0.39 is 11.6 Å².